The van der Waals surface area contributed by atoms with Crippen molar-refractivity contribution in [1.29, 1.82) is 0 Å². The Labute approximate surface area is 176 Å². The van der Waals surface area contributed by atoms with Crippen molar-refractivity contribution in [2.24, 2.45) is 11.8 Å². The monoisotopic (exact) mass is 438 g/mol. The second kappa shape index (κ2) is 7.90. The maximum atomic E-state index is 12.3. The van der Waals surface area contributed by atoms with Gasteiger partial charge < -0.3 is 9.84 Å². The summed E-state index contributed by atoms with van der Waals surface area (Å²) in [7, 11) is -3.11. The number of sulfone groups is 1. The van der Waals surface area contributed by atoms with Crippen molar-refractivity contribution >= 4 is 27.6 Å². The Morgan fingerprint density at radius 2 is 1.63 bits per heavy atom. The second-order valence-corrected chi connectivity index (χ2v) is 9.69. The minimum Gasteiger partial charge on any atom is -0.350 e. The lowest BCUT2D eigenvalue weighted by Crippen LogP contribution is -2.55. The molecule has 0 unspecified atom stereocenters. The van der Waals surface area contributed by atoms with Crippen LogP contribution in [0.2, 0.25) is 0 Å². The molecule has 164 valence electrons. The molecule has 1 aliphatic carbocycles. The van der Waals surface area contributed by atoms with Crippen molar-refractivity contribution in [3.63, 3.8) is 0 Å². The van der Waals surface area contributed by atoms with Crippen LogP contribution >= 0.6 is 0 Å². The van der Waals surface area contributed by atoms with Crippen LogP contribution in [0.4, 0.5) is 0 Å². The smallest absolute Gasteiger partial charge is 0.290 e. The van der Waals surface area contributed by atoms with Gasteiger partial charge >= 0.3 is 0 Å². The van der Waals surface area contributed by atoms with E-state index in [1.165, 1.54) is 0 Å². The van der Waals surface area contributed by atoms with Crippen molar-refractivity contribution in [3.05, 3.63) is 42.2 Å². The van der Waals surface area contributed by atoms with Gasteiger partial charge in [0.2, 0.25) is 17.6 Å². The van der Waals surface area contributed by atoms with E-state index in [1.807, 2.05) is 30.3 Å². The summed E-state index contributed by atoms with van der Waals surface area (Å²) in [6.07, 6.45) is 0.843. The molecule has 2 heterocycles. The molecular formula is C19H26N4O6S. The van der Waals surface area contributed by atoms with E-state index in [0.29, 0.717) is 18.5 Å². The zero-order valence-electron chi connectivity index (χ0n) is 15.8. The maximum Gasteiger partial charge on any atom is 0.290 e. The third kappa shape index (κ3) is 4.35. The molecule has 1 aliphatic heterocycles. The highest BCUT2D eigenvalue weighted by atomic mass is 32.2. The maximum absolute atomic E-state index is 12.3. The summed E-state index contributed by atoms with van der Waals surface area (Å²) in [5, 5.41) is 6.69. The molecule has 1 aromatic heterocycles. The topological polar surface area (TPSA) is 147 Å². The van der Waals surface area contributed by atoms with E-state index >= 15 is 0 Å². The molecule has 0 bridgehead atoms. The first-order chi connectivity index (χ1) is 14.3. The minimum atomic E-state index is -3.11. The zero-order chi connectivity index (χ0) is 21.3. The average molecular weight is 439 g/mol. The predicted octanol–water partition coefficient (Wildman–Crippen LogP) is 0.780. The molecule has 1 saturated heterocycles. The van der Waals surface area contributed by atoms with Crippen LogP contribution in [0.5, 0.6) is 0 Å². The largest absolute Gasteiger partial charge is 0.350 e. The molecule has 2 fully saturated rings. The minimum absolute atomic E-state index is 0. The molecule has 11 heteroatoms. The predicted molar refractivity (Wildman–Crippen MR) is 111 cm³/mol. The van der Waals surface area contributed by atoms with Gasteiger partial charge in [-0.15, -0.1) is 0 Å². The Hall–Kier alpha value is -3.21. The van der Waals surface area contributed by atoms with Gasteiger partial charge in [-0.3, -0.25) is 25.2 Å². The first-order valence-electron chi connectivity index (χ1n) is 9.44. The van der Waals surface area contributed by atoms with Crippen LogP contribution in [0.3, 0.4) is 0 Å². The molecule has 1 aromatic carbocycles. The van der Waals surface area contributed by atoms with Crippen molar-refractivity contribution in [2.45, 2.75) is 18.9 Å². The van der Waals surface area contributed by atoms with Gasteiger partial charge in [0.1, 0.15) is 5.69 Å². The SMILES string of the molecule is O=C(NC1CC(C(=O)NNC(=O)C2CS(=O)(=O)C2)C1)c1cc(-c2ccccc2)no1.[HH].[HH].[HH]. The van der Waals surface area contributed by atoms with Crippen LogP contribution in [0.1, 0.15) is 27.7 Å². The molecular weight excluding hydrogens is 412 g/mol. The molecule has 0 radical (unpaired) electrons. The van der Waals surface area contributed by atoms with Crippen LogP contribution in [0.25, 0.3) is 11.3 Å². The third-order valence-electron chi connectivity index (χ3n) is 5.24. The highest BCUT2D eigenvalue weighted by molar-refractivity contribution is 7.92. The summed E-state index contributed by atoms with van der Waals surface area (Å²) in [5.41, 5.74) is 5.96. The van der Waals surface area contributed by atoms with Gasteiger partial charge in [0, 0.05) is 27.9 Å². The summed E-state index contributed by atoms with van der Waals surface area (Å²) in [6, 6.07) is 10.7. The number of rotatable bonds is 5. The number of nitrogens with one attached hydrogen (secondary N) is 3. The molecule has 4 rings (SSSR count). The summed E-state index contributed by atoms with van der Waals surface area (Å²) < 4.78 is 27.3. The van der Waals surface area contributed by atoms with Gasteiger partial charge in [0.25, 0.3) is 5.91 Å². The van der Waals surface area contributed by atoms with Gasteiger partial charge in [0.15, 0.2) is 9.84 Å². The molecule has 0 atom stereocenters. The Balaban J connectivity index is 0.00000181. The molecule has 3 N–H and O–H groups in total. The average Bonchev–Trinajstić information content (AvgIpc) is 3.17. The van der Waals surface area contributed by atoms with Gasteiger partial charge in [-0.1, -0.05) is 35.5 Å². The normalized spacial score (nSPS) is 22.3. The molecule has 2 aliphatic rings. The first kappa shape index (κ1) is 20.1. The van der Waals surface area contributed by atoms with E-state index in [0.717, 1.165) is 5.56 Å². The van der Waals surface area contributed by atoms with Gasteiger partial charge in [-0.05, 0) is 12.8 Å². The van der Waals surface area contributed by atoms with Gasteiger partial charge in [-0.25, -0.2) is 8.42 Å². The van der Waals surface area contributed by atoms with Crippen molar-refractivity contribution in [3.8, 4) is 11.3 Å². The van der Waals surface area contributed by atoms with E-state index in [1.54, 1.807) is 6.07 Å². The summed E-state index contributed by atoms with van der Waals surface area (Å²) in [5.74, 6) is -2.57. The Kier molecular flexibility index (Phi) is 5.29. The van der Waals surface area contributed by atoms with Crippen LogP contribution < -0.4 is 16.2 Å². The Morgan fingerprint density at radius 1 is 1.00 bits per heavy atom. The fourth-order valence-corrected chi connectivity index (χ4v) is 4.81. The number of carbonyl (C=O) groups excluding carboxylic acids is 3. The molecule has 3 amide bonds. The second-order valence-electron chi connectivity index (χ2n) is 7.53. The number of amides is 3. The zero-order valence-corrected chi connectivity index (χ0v) is 16.6. The number of carbonyl (C=O) groups is 3. The standard InChI is InChI=1S/C19H20N4O6S.3H2/c24-17(21-22-18(25)13-9-30(27,28)10-13)12-6-14(7-12)20-19(26)16-8-15(23-29-16)11-4-2-1-3-5-11;;;/h1-5,8,12-14H,6-7,9-10H2,(H,20,26)(H,21,24)(H,22,25);3*1H. The van der Waals surface area contributed by atoms with E-state index in [-0.39, 0.29) is 39.4 Å². The summed E-state index contributed by atoms with van der Waals surface area (Å²) in [6.45, 7) is 0. The molecule has 30 heavy (non-hydrogen) atoms. The van der Waals surface area contributed by atoms with Crippen LogP contribution in [0.15, 0.2) is 40.9 Å². The van der Waals surface area contributed by atoms with E-state index < -0.39 is 27.6 Å². The van der Waals surface area contributed by atoms with E-state index in [2.05, 4.69) is 21.3 Å². The number of hydrogen-bond donors (Lipinski definition) is 3. The molecule has 1 saturated carbocycles. The Bertz CT molecular complexity index is 1080. The van der Waals surface area contributed by atoms with E-state index in [9.17, 15) is 22.8 Å². The van der Waals surface area contributed by atoms with Crippen LogP contribution in [-0.2, 0) is 19.4 Å². The quantitative estimate of drug-likeness (QED) is 0.584. The number of aromatic nitrogens is 1. The van der Waals surface area contributed by atoms with Crippen molar-refractivity contribution in [2.75, 3.05) is 11.5 Å². The summed E-state index contributed by atoms with van der Waals surface area (Å²) in [4.78, 5) is 36.1. The third-order valence-corrected chi connectivity index (χ3v) is 7.06. The Morgan fingerprint density at radius 3 is 2.27 bits per heavy atom. The number of hydrazine groups is 1. The summed E-state index contributed by atoms with van der Waals surface area (Å²) >= 11 is 0. The van der Waals surface area contributed by atoms with Gasteiger partial charge in [-0.2, -0.15) is 0 Å². The lowest BCUT2D eigenvalue weighted by atomic mass is 9.79. The van der Waals surface area contributed by atoms with Crippen molar-refractivity contribution < 1.29 is 31.6 Å². The fourth-order valence-electron chi connectivity index (χ4n) is 3.38. The first-order valence-corrected chi connectivity index (χ1v) is 11.3. The highest BCUT2D eigenvalue weighted by Gasteiger charge is 2.40. The molecule has 0 spiro atoms. The number of hydrogen-bond acceptors (Lipinski definition) is 7. The number of nitrogens with zero attached hydrogens (tertiary/aromatic N) is 1. The number of benzene rings is 1. The highest BCUT2D eigenvalue weighted by Crippen LogP contribution is 2.28. The van der Waals surface area contributed by atoms with Crippen molar-refractivity contribution in [1.82, 2.24) is 21.3 Å². The lowest BCUT2D eigenvalue weighted by Gasteiger charge is -2.34. The van der Waals surface area contributed by atoms with E-state index in [4.69, 9.17) is 4.52 Å². The van der Waals surface area contributed by atoms with Gasteiger partial charge in [0.05, 0.1) is 17.4 Å². The fraction of sp³-hybridized carbons (Fsp3) is 0.368. The molecule has 2 aromatic rings. The van der Waals surface area contributed by atoms with Crippen LogP contribution in [-0.4, -0.2) is 48.8 Å². The van der Waals surface area contributed by atoms with Crippen LogP contribution in [0, 0.1) is 11.8 Å². The molecule has 10 nitrogen and oxygen atoms in total. The lowest BCUT2D eigenvalue weighted by molar-refractivity contribution is -0.134.